The van der Waals surface area contributed by atoms with Crippen molar-refractivity contribution in [1.29, 1.82) is 0 Å². The van der Waals surface area contributed by atoms with E-state index in [0.717, 1.165) is 16.7 Å². The number of hydrogen-bond donors (Lipinski definition) is 1. The summed E-state index contributed by atoms with van der Waals surface area (Å²) in [7, 11) is 1.56. The van der Waals surface area contributed by atoms with Crippen molar-refractivity contribution in [1.82, 2.24) is 4.90 Å². The van der Waals surface area contributed by atoms with Gasteiger partial charge in [0.1, 0.15) is 17.2 Å². The van der Waals surface area contributed by atoms with Crippen molar-refractivity contribution >= 4 is 45.2 Å². The Morgan fingerprint density at radius 3 is 2.39 bits per heavy atom. The molecule has 4 atom stereocenters. The number of fused-ring (bicyclic) bond motifs is 6. The molecule has 1 spiro atoms. The second-order valence-corrected chi connectivity index (χ2v) is 11.4. The summed E-state index contributed by atoms with van der Waals surface area (Å²) in [6, 6.07) is 28.0. The van der Waals surface area contributed by atoms with Gasteiger partial charge in [-0.1, -0.05) is 72.8 Å². The number of para-hydroxylation sites is 1. The molecule has 4 aromatic carbocycles. The molecule has 1 amide bonds. The molecular weight excluding hydrogens is 580 g/mol. The van der Waals surface area contributed by atoms with Crippen LogP contribution in [-0.2, 0) is 10.2 Å². The van der Waals surface area contributed by atoms with E-state index in [0.29, 0.717) is 27.0 Å². The molecule has 0 aliphatic carbocycles. The molecule has 1 fully saturated rings. The summed E-state index contributed by atoms with van der Waals surface area (Å²) < 4.78 is 6.02. The molecule has 3 aliphatic rings. The quantitative estimate of drug-likeness (QED) is 0.265. The number of ether oxygens (including phenoxy) is 1. The molecule has 202 valence electrons. The molecule has 7 rings (SSSR count). The predicted molar refractivity (Wildman–Crippen MR) is 160 cm³/mol. The lowest BCUT2D eigenvalue weighted by molar-refractivity contribution is -0.122. The van der Waals surface area contributed by atoms with Crippen LogP contribution in [0.5, 0.6) is 5.75 Å². The lowest BCUT2D eigenvalue weighted by Gasteiger charge is -2.38. The molecule has 3 heterocycles. The maximum absolute atomic E-state index is 14.7. The normalized spacial score (nSPS) is 23.5. The van der Waals surface area contributed by atoms with Crippen molar-refractivity contribution in [3.05, 3.63) is 136 Å². The minimum atomic E-state index is -1.35. The maximum Gasteiger partial charge on any atom is 0.238 e. The van der Waals surface area contributed by atoms with E-state index in [-0.39, 0.29) is 17.5 Å². The third-order valence-electron chi connectivity index (χ3n) is 8.62. The van der Waals surface area contributed by atoms with Crippen LogP contribution in [0.1, 0.15) is 43.4 Å². The van der Waals surface area contributed by atoms with Gasteiger partial charge in [-0.2, -0.15) is 0 Å². The number of Topliss-reactive ketones (excluding diaryl/α,β-unsaturated/α-hetero) is 2. The van der Waals surface area contributed by atoms with Crippen LogP contribution in [0.2, 0.25) is 0 Å². The molecule has 0 unspecified atom stereocenters. The molecular formula is C34H25BrN2O4. The Kier molecular flexibility index (Phi) is 5.94. The number of hydrogen-bond acceptors (Lipinski definition) is 5. The van der Waals surface area contributed by atoms with Gasteiger partial charge in [0.2, 0.25) is 5.91 Å². The highest BCUT2D eigenvalue weighted by Crippen LogP contribution is 2.62. The van der Waals surface area contributed by atoms with Crippen LogP contribution in [0.4, 0.5) is 5.69 Å². The highest BCUT2D eigenvalue weighted by molar-refractivity contribution is 9.10. The van der Waals surface area contributed by atoms with Crippen LogP contribution in [0, 0.1) is 5.92 Å². The Bertz CT molecular complexity index is 1770. The third kappa shape index (κ3) is 3.58. The highest BCUT2D eigenvalue weighted by Gasteiger charge is 2.70. The van der Waals surface area contributed by atoms with Gasteiger partial charge in [-0.3, -0.25) is 14.4 Å². The van der Waals surface area contributed by atoms with Gasteiger partial charge in [-0.25, -0.2) is 0 Å². The summed E-state index contributed by atoms with van der Waals surface area (Å²) in [4.78, 5) is 45.8. The van der Waals surface area contributed by atoms with Gasteiger partial charge in [0.05, 0.1) is 23.5 Å². The van der Waals surface area contributed by atoms with Crippen LogP contribution in [0.25, 0.3) is 6.08 Å². The fourth-order valence-electron chi connectivity index (χ4n) is 6.94. The second-order valence-electron chi connectivity index (χ2n) is 10.5. The van der Waals surface area contributed by atoms with Crippen LogP contribution < -0.4 is 10.1 Å². The Morgan fingerprint density at radius 1 is 0.878 bits per heavy atom. The van der Waals surface area contributed by atoms with Crippen molar-refractivity contribution < 1.29 is 19.1 Å². The smallest absolute Gasteiger partial charge is 0.238 e. The Hall–Kier alpha value is -4.49. The van der Waals surface area contributed by atoms with Gasteiger partial charge in [-0.05, 0) is 63.0 Å². The average molecular weight is 605 g/mol. The number of nitrogens with one attached hydrogen (secondary N) is 1. The summed E-state index contributed by atoms with van der Waals surface area (Å²) >= 11 is 3.51. The van der Waals surface area contributed by atoms with Gasteiger partial charge in [0.15, 0.2) is 11.6 Å². The zero-order chi connectivity index (χ0) is 28.3. The van der Waals surface area contributed by atoms with Crippen molar-refractivity contribution in [3.63, 3.8) is 0 Å². The molecule has 41 heavy (non-hydrogen) atoms. The predicted octanol–water partition coefficient (Wildman–Crippen LogP) is 6.44. The van der Waals surface area contributed by atoms with E-state index in [1.807, 2.05) is 71.8 Å². The standard InChI is InChI=1S/C34H25BrN2O4/c1-41-27-16-15-22(19-25(27)35)31(39)29-28(30(38)21-10-3-2-4-11-21)34(24-13-7-8-14-26(24)36-33(34)40)32-23-12-6-5-9-20(23)17-18-37(29)32/h2-19,28-29,32H,1H3,(H,36,40)/t28-,29+,32-,34-/m1/s1. The molecule has 6 nitrogen and oxygen atoms in total. The fraction of sp³-hybridized carbons (Fsp3) is 0.147. The monoisotopic (exact) mass is 604 g/mol. The van der Waals surface area contributed by atoms with E-state index in [4.69, 9.17) is 4.74 Å². The topological polar surface area (TPSA) is 75.7 Å². The van der Waals surface area contributed by atoms with E-state index in [1.165, 1.54) is 0 Å². The number of methoxy groups -OCH3 is 1. The Morgan fingerprint density at radius 2 is 1.61 bits per heavy atom. The Labute approximate surface area is 245 Å². The zero-order valence-corrected chi connectivity index (χ0v) is 23.7. The molecule has 0 radical (unpaired) electrons. The number of rotatable bonds is 5. The number of benzene rings is 4. The number of anilines is 1. The second kappa shape index (κ2) is 9.56. The van der Waals surface area contributed by atoms with E-state index < -0.39 is 23.4 Å². The van der Waals surface area contributed by atoms with Crippen LogP contribution in [0.15, 0.2) is 108 Å². The molecule has 0 saturated carbocycles. The van der Waals surface area contributed by atoms with Gasteiger partial charge in [0, 0.05) is 23.0 Å². The summed E-state index contributed by atoms with van der Waals surface area (Å²) in [6.07, 6.45) is 3.83. The maximum atomic E-state index is 14.7. The first kappa shape index (κ1) is 25.5. The number of nitrogens with zero attached hydrogens (tertiary/aromatic N) is 1. The molecule has 7 heteroatoms. The Balaban J connectivity index is 1.52. The van der Waals surface area contributed by atoms with E-state index in [9.17, 15) is 14.4 Å². The number of amides is 1. The first-order valence-corrected chi connectivity index (χ1v) is 14.2. The SMILES string of the molecule is COc1ccc(C(=O)[C@@H]2[C@H](C(=O)c3ccccc3)[C@@]3(C(=O)Nc4ccccc43)[C@H]3c4ccccc4C=CN23)cc1Br. The minimum absolute atomic E-state index is 0.245. The van der Waals surface area contributed by atoms with Crippen molar-refractivity contribution in [3.8, 4) is 5.75 Å². The number of halogens is 1. The van der Waals surface area contributed by atoms with E-state index in [2.05, 4.69) is 21.2 Å². The van der Waals surface area contributed by atoms with Crippen LogP contribution >= 0.6 is 15.9 Å². The molecule has 1 N–H and O–H groups in total. The summed E-state index contributed by atoms with van der Waals surface area (Å²) in [5, 5.41) is 3.08. The van der Waals surface area contributed by atoms with Crippen LogP contribution in [0.3, 0.4) is 0 Å². The molecule has 3 aliphatic heterocycles. The van der Waals surface area contributed by atoms with Gasteiger partial charge in [-0.15, -0.1) is 0 Å². The summed E-state index contributed by atoms with van der Waals surface area (Å²) in [5.74, 6) is -1.19. The summed E-state index contributed by atoms with van der Waals surface area (Å²) in [5.41, 5.74) is 2.77. The zero-order valence-electron chi connectivity index (χ0n) is 22.1. The van der Waals surface area contributed by atoms with Crippen molar-refractivity contribution in [2.24, 2.45) is 5.92 Å². The number of carbonyl (C=O) groups is 3. The molecule has 1 saturated heterocycles. The molecule has 4 aromatic rings. The average Bonchev–Trinajstić information content (AvgIpc) is 3.49. The fourth-order valence-corrected chi connectivity index (χ4v) is 7.48. The lowest BCUT2D eigenvalue weighted by Crippen LogP contribution is -2.49. The van der Waals surface area contributed by atoms with Crippen molar-refractivity contribution in [2.45, 2.75) is 17.5 Å². The number of carbonyl (C=O) groups excluding carboxylic acids is 3. The van der Waals surface area contributed by atoms with Crippen LogP contribution in [-0.4, -0.2) is 35.5 Å². The largest absolute Gasteiger partial charge is 0.496 e. The summed E-state index contributed by atoms with van der Waals surface area (Å²) in [6.45, 7) is 0. The molecule has 0 bridgehead atoms. The van der Waals surface area contributed by atoms with Gasteiger partial charge in [0.25, 0.3) is 0 Å². The first-order chi connectivity index (χ1) is 20.0. The minimum Gasteiger partial charge on any atom is -0.496 e. The van der Waals surface area contributed by atoms with Crippen molar-refractivity contribution in [2.75, 3.05) is 12.4 Å². The first-order valence-electron chi connectivity index (χ1n) is 13.4. The van der Waals surface area contributed by atoms with E-state index >= 15 is 0 Å². The van der Waals surface area contributed by atoms with Gasteiger partial charge < -0.3 is 15.0 Å². The number of ketones is 2. The van der Waals surface area contributed by atoms with Gasteiger partial charge >= 0.3 is 0 Å². The van der Waals surface area contributed by atoms with E-state index in [1.54, 1.807) is 49.6 Å². The lowest BCUT2D eigenvalue weighted by atomic mass is 9.62. The molecule has 0 aromatic heterocycles. The third-order valence-corrected chi connectivity index (χ3v) is 9.24. The highest BCUT2D eigenvalue weighted by atomic mass is 79.9.